The van der Waals surface area contributed by atoms with Gasteiger partial charge in [0.15, 0.2) is 0 Å². The first-order valence-corrected chi connectivity index (χ1v) is 16.9. The predicted molar refractivity (Wildman–Crippen MR) is 173 cm³/mol. The Labute approximate surface area is 259 Å². The Bertz CT molecular complexity index is 939. The summed E-state index contributed by atoms with van der Waals surface area (Å²) in [5.74, 6) is -0.731. The Kier molecular flexibility index (Phi) is 27.8. The SMILES string of the molecule is CC/C=C\C/C=C\C/C=C\C/C=C\C/C=C\C/C=C\CCCCCCC(=O)NCCOP(=O)(O)OCC(O)COC(C)=O. The first-order valence-electron chi connectivity index (χ1n) is 15.4. The third kappa shape index (κ3) is 32.2. The maximum atomic E-state index is 11.9. The fourth-order valence-electron chi connectivity index (χ4n) is 3.46. The van der Waals surface area contributed by atoms with Crippen molar-refractivity contribution in [2.75, 3.05) is 26.4 Å². The van der Waals surface area contributed by atoms with E-state index < -0.39 is 26.5 Å². The molecule has 0 heterocycles. The minimum Gasteiger partial charge on any atom is -0.463 e. The van der Waals surface area contributed by atoms with Gasteiger partial charge >= 0.3 is 13.8 Å². The molecule has 0 aromatic carbocycles. The topological polar surface area (TPSA) is 131 Å². The minimum atomic E-state index is -4.38. The van der Waals surface area contributed by atoms with E-state index in [2.05, 4.69) is 94.4 Å². The minimum absolute atomic E-state index is 0.0609. The monoisotopic (exact) mass is 623 g/mol. The molecule has 0 aliphatic heterocycles. The zero-order chi connectivity index (χ0) is 31.9. The molecule has 244 valence electrons. The van der Waals surface area contributed by atoms with Gasteiger partial charge in [-0.15, -0.1) is 0 Å². The van der Waals surface area contributed by atoms with Crippen LogP contribution < -0.4 is 5.32 Å². The third-order valence-corrected chi connectivity index (χ3v) is 6.69. The van der Waals surface area contributed by atoms with Gasteiger partial charge in [0.1, 0.15) is 12.7 Å². The van der Waals surface area contributed by atoms with E-state index in [0.717, 1.165) is 70.6 Å². The molecule has 0 aromatic heterocycles. The first kappa shape index (κ1) is 40.5. The maximum Gasteiger partial charge on any atom is 0.472 e. The van der Waals surface area contributed by atoms with Crippen molar-refractivity contribution in [1.82, 2.24) is 5.32 Å². The second kappa shape index (κ2) is 29.5. The quantitative estimate of drug-likeness (QED) is 0.0379. The van der Waals surface area contributed by atoms with Crippen LogP contribution in [0.15, 0.2) is 72.9 Å². The van der Waals surface area contributed by atoms with Gasteiger partial charge in [-0.3, -0.25) is 18.6 Å². The van der Waals surface area contributed by atoms with Crippen molar-refractivity contribution in [3.8, 4) is 0 Å². The molecule has 0 spiro atoms. The molecule has 0 saturated carbocycles. The van der Waals surface area contributed by atoms with Crippen LogP contribution in [0, 0.1) is 0 Å². The van der Waals surface area contributed by atoms with Crippen molar-refractivity contribution in [3.63, 3.8) is 0 Å². The second-order valence-corrected chi connectivity index (χ2v) is 11.2. The Balaban J connectivity index is 3.63. The molecule has 43 heavy (non-hydrogen) atoms. The molecular formula is C33H54NO8P. The van der Waals surface area contributed by atoms with Crippen LogP contribution in [0.25, 0.3) is 0 Å². The van der Waals surface area contributed by atoms with Gasteiger partial charge < -0.3 is 20.1 Å². The fourth-order valence-corrected chi connectivity index (χ4v) is 4.22. The number of aliphatic hydroxyl groups is 1. The lowest BCUT2D eigenvalue weighted by Crippen LogP contribution is -2.27. The summed E-state index contributed by atoms with van der Waals surface area (Å²) in [6.07, 6.45) is 36.3. The van der Waals surface area contributed by atoms with E-state index in [0.29, 0.717) is 6.42 Å². The van der Waals surface area contributed by atoms with Gasteiger partial charge in [0.05, 0.1) is 13.2 Å². The molecular weight excluding hydrogens is 569 g/mol. The molecule has 0 bridgehead atoms. The molecule has 10 heteroatoms. The van der Waals surface area contributed by atoms with Crippen molar-refractivity contribution in [1.29, 1.82) is 0 Å². The van der Waals surface area contributed by atoms with Gasteiger partial charge in [0, 0.05) is 19.9 Å². The van der Waals surface area contributed by atoms with E-state index in [1.807, 2.05) is 0 Å². The van der Waals surface area contributed by atoms with E-state index in [1.54, 1.807) is 0 Å². The van der Waals surface area contributed by atoms with Gasteiger partial charge in [0.25, 0.3) is 0 Å². The summed E-state index contributed by atoms with van der Waals surface area (Å²) >= 11 is 0. The smallest absolute Gasteiger partial charge is 0.463 e. The number of amides is 1. The van der Waals surface area contributed by atoms with Gasteiger partial charge in [-0.1, -0.05) is 92.7 Å². The zero-order valence-corrected chi connectivity index (χ0v) is 27.0. The number of phosphoric ester groups is 1. The molecule has 0 saturated heterocycles. The van der Waals surface area contributed by atoms with Crippen LogP contribution in [0.4, 0.5) is 0 Å². The number of rotatable bonds is 27. The van der Waals surface area contributed by atoms with E-state index in [4.69, 9.17) is 4.52 Å². The molecule has 0 aliphatic carbocycles. The van der Waals surface area contributed by atoms with Crippen LogP contribution in [-0.2, 0) is 27.9 Å². The largest absolute Gasteiger partial charge is 0.472 e. The summed E-state index contributed by atoms with van der Waals surface area (Å²) in [4.78, 5) is 32.1. The number of hydrogen-bond donors (Lipinski definition) is 3. The summed E-state index contributed by atoms with van der Waals surface area (Å²) in [6.45, 7) is 2.28. The number of esters is 1. The highest BCUT2D eigenvalue weighted by molar-refractivity contribution is 7.47. The van der Waals surface area contributed by atoms with Gasteiger partial charge in [-0.2, -0.15) is 0 Å². The van der Waals surface area contributed by atoms with Crippen molar-refractivity contribution in [2.45, 2.75) is 97.0 Å². The highest BCUT2D eigenvalue weighted by Crippen LogP contribution is 2.42. The molecule has 0 aromatic rings. The number of nitrogens with one attached hydrogen (secondary N) is 1. The number of phosphoric acid groups is 1. The van der Waals surface area contributed by atoms with E-state index in [9.17, 15) is 24.2 Å². The highest BCUT2D eigenvalue weighted by Gasteiger charge is 2.23. The summed E-state index contributed by atoms with van der Waals surface area (Å²) in [6, 6.07) is 0. The number of hydrogen-bond acceptors (Lipinski definition) is 7. The number of aliphatic hydroxyl groups excluding tert-OH is 1. The van der Waals surface area contributed by atoms with Gasteiger partial charge in [0.2, 0.25) is 5.91 Å². The number of carbonyl (C=O) groups is 2. The summed E-state index contributed by atoms with van der Waals surface area (Å²) in [5, 5.41) is 12.1. The standard InChI is InChI=1S/C33H54NO8P/c1-3-4-5-6-7-8-9-10-11-12-13-14-15-16-17-18-19-20-21-22-23-24-25-26-33(37)34-27-28-41-43(38,39)42-30-32(36)29-40-31(2)35/h4-5,7-8,10-11,13-14,16-17,19-20,32,36H,3,6,9,12,15,18,21-30H2,1-2H3,(H,34,37)(H,38,39)/b5-4-,8-7-,11-10-,14-13-,17-16-,20-19-. The van der Waals surface area contributed by atoms with E-state index in [1.165, 1.54) is 6.92 Å². The summed E-state index contributed by atoms with van der Waals surface area (Å²) < 4.78 is 25.7. The summed E-state index contributed by atoms with van der Waals surface area (Å²) in [5.41, 5.74) is 0. The van der Waals surface area contributed by atoms with Crippen molar-refractivity contribution in [2.24, 2.45) is 0 Å². The van der Waals surface area contributed by atoms with Gasteiger partial charge in [-0.05, 0) is 57.8 Å². The van der Waals surface area contributed by atoms with Crippen LogP contribution in [0.1, 0.15) is 90.9 Å². The number of unbranched alkanes of at least 4 members (excludes halogenated alkanes) is 4. The Morgan fingerprint density at radius 1 is 0.744 bits per heavy atom. The van der Waals surface area contributed by atoms with Crippen LogP contribution in [0.5, 0.6) is 0 Å². The molecule has 2 atom stereocenters. The lowest BCUT2D eigenvalue weighted by molar-refractivity contribution is -0.144. The number of carbonyl (C=O) groups excluding carboxylic acids is 2. The van der Waals surface area contributed by atoms with Crippen LogP contribution in [0.2, 0.25) is 0 Å². The molecule has 0 rings (SSSR count). The Morgan fingerprint density at radius 2 is 1.26 bits per heavy atom. The molecule has 0 radical (unpaired) electrons. The van der Waals surface area contributed by atoms with Crippen LogP contribution in [-0.4, -0.2) is 54.3 Å². The second-order valence-electron chi connectivity index (χ2n) is 9.77. The average molecular weight is 624 g/mol. The molecule has 3 N–H and O–H groups in total. The third-order valence-electron chi connectivity index (χ3n) is 5.71. The highest BCUT2D eigenvalue weighted by atomic mass is 31.2. The van der Waals surface area contributed by atoms with Crippen LogP contribution >= 0.6 is 7.82 Å². The van der Waals surface area contributed by atoms with Crippen molar-refractivity contribution >= 4 is 19.7 Å². The van der Waals surface area contributed by atoms with E-state index in [-0.39, 0.29) is 25.7 Å². The average Bonchev–Trinajstić information content (AvgIpc) is 2.97. The predicted octanol–water partition coefficient (Wildman–Crippen LogP) is 7.20. The normalized spacial score (nSPS) is 14.6. The van der Waals surface area contributed by atoms with Crippen molar-refractivity contribution in [3.05, 3.63) is 72.9 Å². The Morgan fingerprint density at radius 3 is 1.79 bits per heavy atom. The number of allylic oxidation sites excluding steroid dienone is 12. The molecule has 1 amide bonds. The summed E-state index contributed by atoms with van der Waals surface area (Å²) in [7, 11) is -4.38. The maximum absolute atomic E-state index is 11.9. The van der Waals surface area contributed by atoms with Crippen LogP contribution in [0.3, 0.4) is 0 Å². The molecule has 0 aliphatic rings. The number of ether oxygens (including phenoxy) is 1. The molecule has 9 nitrogen and oxygen atoms in total. The van der Waals surface area contributed by atoms with Crippen molar-refractivity contribution < 1.29 is 37.9 Å². The molecule has 2 unspecified atom stereocenters. The van der Waals surface area contributed by atoms with E-state index >= 15 is 0 Å². The Hall–Kier alpha value is -2.55. The fraction of sp³-hybridized carbons (Fsp3) is 0.576. The molecule has 0 fully saturated rings. The lowest BCUT2D eigenvalue weighted by Gasteiger charge is -2.15. The zero-order valence-electron chi connectivity index (χ0n) is 26.1. The first-order chi connectivity index (χ1) is 20.8. The van der Waals surface area contributed by atoms with Gasteiger partial charge in [-0.25, -0.2) is 4.57 Å². The lowest BCUT2D eigenvalue weighted by atomic mass is 10.1.